The van der Waals surface area contributed by atoms with Gasteiger partial charge in [-0.05, 0) is 31.0 Å². The Balaban J connectivity index is 2.81. The number of sulfone groups is 1. The largest absolute Gasteiger partial charge is 0.493 e. The van der Waals surface area contributed by atoms with Gasteiger partial charge < -0.3 is 9.47 Å². The molecule has 1 rings (SSSR count). The molecule has 0 aliphatic carbocycles. The number of aryl methyl sites for hydroxylation is 1. The Morgan fingerprint density at radius 2 is 2.00 bits per heavy atom. The highest BCUT2D eigenvalue weighted by molar-refractivity contribution is 7.92. The van der Waals surface area contributed by atoms with Crippen LogP contribution in [0.5, 0.6) is 11.5 Å². The van der Waals surface area contributed by atoms with E-state index in [1.54, 1.807) is 19.2 Å². The van der Waals surface area contributed by atoms with E-state index in [0.29, 0.717) is 24.5 Å². The smallest absolute Gasteiger partial charge is 0.164 e. The third-order valence-corrected chi connectivity index (χ3v) is 4.55. The number of ether oxygens (including phenoxy) is 2. The fourth-order valence-corrected chi connectivity index (χ4v) is 2.46. The molecule has 0 spiro atoms. The monoisotopic (exact) mass is 292 g/mol. The second-order valence-electron chi connectivity index (χ2n) is 3.73. The third kappa shape index (κ3) is 4.38. The molecule has 0 fully saturated rings. The zero-order valence-electron chi connectivity index (χ0n) is 10.5. The maximum absolute atomic E-state index is 11.3. The standard InChI is InChI=1S/C12H17ClO4S/c1-3-17-12-8-10(4-5-11(12)16-2)6-7-18(14,15)9-13/h4-5,8H,3,6-7,9H2,1-2H3. The maximum atomic E-state index is 11.3. The number of halogens is 1. The first kappa shape index (κ1) is 15.1. The van der Waals surface area contributed by atoms with Crippen LogP contribution in [0.15, 0.2) is 18.2 Å². The first-order valence-electron chi connectivity index (χ1n) is 5.58. The van der Waals surface area contributed by atoms with Crippen molar-refractivity contribution < 1.29 is 17.9 Å². The van der Waals surface area contributed by atoms with Crippen LogP contribution in [0.25, 0.3) is 0 Å². The average Bonchev–Trinajstić information content (AvgIpc) is 2.37. The van der Waals surface area contributed by atoms with Gasteiger partial charge in [0.1, 0.15) is 5.21 Å². The van der Waals surface area contributed by atoms with Crippen molar-refractivity contribution in [2.45, 2.75) is 13.3 Å². The van der Waals surface area contributed by atoms with Gasteiger partial charge in [-0.15, -0.1) is 11.6 Å². The summed E-state index contributed by atoms with van der Waals surface area (Å²) >= 11 is 5.36. The number of benzene rings is 1. The van der Waals surface area contributed by atoms with Crippen molar-refractivity contribution in [3.05, 3.63) is 23.8 Å². The molecule has 0 saturated heterocycles. The van der Waals surface area contributed by atoms with E-state index < -0.39 is 9.84 Å². The van der Waals surface area contributed by atoms with Crippen LogP contribution >= 0.6 is 11.6 Å². The summed E-state index contributed by atoms with van der Waals surface area (Å²) in [5.41, 5.74) is 0.882. The van der Waals surface area contributed by atoms with E-state index in [9.17, 15) is 8.42 Å². The minimum Gasteiger partial charge on any atom is -0.493 e. The Kier molecular flexibility index (Phi) is 5.75. The van der Waals surface area contributed by atoms with Crippen LogP contribution in [0.4, 0.5) is 0 Å². The summed E-state index contributed by atoms with van der Waals surface area (Å²) in [4.78, 5) is 0. The highest BCUT2D eigenvalue weighted by atomic mass is 35.5. The molecule has 4 nitrogen and oxygen atoms in total. The predicted molar refractivity (Wildman–Crippen MR) is 72.4 cm³/mol. The number of hydrogen-bond acceptors (Lipinski definition) is 4. The van der Waals surface area contributed by atoms with E-state index in [4.69, 9.17) is 21.1 Å². The van der Waals surface area contributed by atoms with Gasteiger partial charge in [-0.1, -0.05) is 6.07 Å². The number of alkyl halides is 1. The second-order valence-corrected chi connectivity index (χ2v) is 6.49. The molecular formula is C12H17ClO4S. The van der Waals surface area contributed by atoms with Crippen molar-refractivity contribution in [1.82, 2.24) is 0 Å². The SMILES string of the molecule is CCOc1cc(CCS(=O)(=O)CCl)ccc1OC. The van der Waals surface area contributed by atoms with Crippen molar-refractivity contribution in [3.8, 4) is 11.5 Å². The Morgan fingerprint density at radius 1 is 1.28 bits per heavy atom. The molecule has 1 aromatic carbocycles. The lowest BCUT2D eigenvalue weighted by atomic mass is 10.1. The van der Waals surface area contributed by atoms with Gasteiger partial charge in [0.25, 0.3) is 0 Å². The van der Waals surface area contributed by atoms with Gasteiger partial charge in [-0.2, -0.15) is 0 Å². The van der Waals surface area contributed by atoms with Gasteiger partial charge in [0, 0.05) is 0 Å². The molecule has 0 amide bonds. The van der Waals surface area contributed by atoms with Gasteiger partial charge in [0.2, 0.25) is 0 Å². The van der Waals surface area contributed by atoms with Crippen LogP contribution in [0.3, 0.4) is 0 Å². The van der Waals surface area contributed by atoms with Crippen molar-refractivity contribution in [2.24, 2.45) is 0 Å². The van der Waals surface area contributed by atoms with Crippen molar-refractivity contribution in [3.63, 3.8) is 0 Å². The molecule has 1 aromatic rings. The lowest BCUT2D eigenvalue weighted by molar-refractivity contribution is 0.310. The lowest BCUT2D eigenvalue weighted by Crippen LogP contribution is -2.09. The first-order valence-corrected chi connectivity index (χ1v) is 7.94. The lowest BCUT2D eigenvalue weighted by Gasteiger charge is -2.11. The summed E-state index contributed by atoms with van der Waals surface area (Å²) in [6.07, 6.45) is 0.416. The fourth-order valence-electron chi connectivity index (χ4n) is 1.47. The summed E-state index contributed by atoms with van der Waals surface area (Å²) in [5, 5.41) is -0.346. The molecule has 0 heterocycles. The minimum atomic E-state index is -3.17. The molecule has 0 aliphatic rings. The molecule has 0 radical (unpaired) electrons. The minimum absolute atomic E-state index is 0.0361. The topological polar surface area (TPSA) is 52.6 Å². The Labute approximate surface area is 113 Å². The number of rotatable bonds is 7. The summed E-state index contributed by atoms with van der Waals surface area (Å²) < 4.78 is 33.2. The molecule has 0 N–H and O–H groups in total. The van der Waals surface area contributed by atoms with Crippen molar-refractivity contribution >= 4 is 21.4 Å². The van der Waals surface area contributed by atoms with Crippen LogP contribution in [0.1, 0.15) is 12.5 Å². The molecular weight excluding hydrogens is 276 g/mol. The average molecular weight is 293 g/mol. The summed E-state index contributed by atoms with van der Waals surface area (Å²) in [6, 6.07) is 5.39. The fraction of sp³-hybridized carbons (Fsp3) is 0.500. The Morgan fingerprint density at radius 3 is 2.56 bits per heavy atom. The van der Waals surface area contributed by atoms with E-state index >= 15 is 0 Å². The van der Waals surface area contributed by atoms with E-state index in [1.807, 2.05) is 13.0 Å². The van der Waals surface area contributed by atoms with Crippen molar-refractivity contribution in [2.75, 3.05) is 24.7 Å². The number of methoxy groups -OCH3 is 1. The zero-order valence-corrected chi connectivity index (χ0v) is 12.1. The summed E-state index contributed by atoms with van der Waals surface area (Å²) in [7, 11) is -1.60. The number of hydrogen-bond donors (Lipinski definition) is 0. The maximum Gasteiger partial charge on any atom is 0.164 e. The van der Waals surface area contributed by atoms with E-state index in [0.717, 1.165) is 5.56 Å². The van der Waals surface area contributed by atoms with Crippen LogP contribution in [-0.2, 0) is 16.3 Å². The van der Waals surface area contributed by atoms with Gasteiger partial charge in [-0.3, -0.25) is 0 Å². The molecule has 102 valence electrons. The molecule has 6 heteroatoms. The normalized spacial score (nSPS) is 11.3. The summed E-state index contributed by atoms with van der Waals surface area (Å²) in [5.74, 6) is 1.30. The van der Waals surface area contributed by atoms with Gasteiger partial charge in [0.15, 0.2) is 21.3 Å². The van der Waals surface area contributed by atoms with Crippen LogP contribution in [0, 0.1) is 0 Å². The van der Waals surface area contributed by atoms with Gasteiger partial charge in [0.05, 0.1) is 19.5 Å². The second kappa shape index (κ2) is 6.85. The Hall–Kier alpha value is -0.940. The summed E-state index contributed by atoms with van der Waals surface area (Å²) in [6.45, 7) is 2.41. The molecule has 0 aromatic heterocycles. The molecule has 0 aliphatic heterocycles. The van der Waals surface area contributed by atoms with Gasteiger partial charge >= 0.3 is 0 Å². The van der Waals surface area contributed by atoms with Crippen LogP contribution in [-0.4, -0.2) is 33.1 Å². The highest BCUT2D eigenvalue weighted by Gasteiger charge is 2.11. The quantitative estimate of drug-likeness (QED) is 0.723. The predicted octanol–water partition coefficient (Wildman–Crippen LogP) is 2.25. The highest BCUT2D eigenvalue weighted by Crippen LogP contribution is 2.28. The van der Waals surface area contributed by atoms with Crippen LogP contribution < -0.4 is 9.47 Å². The van der Waals surface area contributed by atoms with Crippen molar-refractivity contribution in [1.29, 1.82) is 0 Å². The molecule has 0 bridgehead atoms. The zero-order chi connectivity index (χ0) is 13.6. The first-order chi connectivity index (χ1) is 8.52. The Bertz CT molecular complexity index is 485. The van der Waals surface area contributed by atoms with Crippen LogP contribution in [0.2, 0.25) is 0 Å². The van der Waals surface area contributed by atoms with E-state index in [-0.39, 0.29) is 11.0 Å². The molecule has 0 saturated carbocycles. The van der Waals surface area contributed by atoms with Gasteiger partial charge in [-0.25, -0.2) is 8.42 Å². The van der Waals surface area contributed by atoms with E-state index in [2.05, 4.69) is 0 Å². The van der Waals surface area contributed by atoms with E-state index in [1.165, 1.54) is 0 Å². The third-order valence-electron chi connectivity index (χ3n) is 2.40. The molecule has 0 atom stereocenters. The molecule has 0 unspecified atom stereocenters. The molecule has 18 heavy (non-hydrogen) atoms.